The van der Waals surface area contributed by atoms with Gasteiger partial charge in [0, 0.05) is 30.4 Å². The summed E-state index contributed by atoms with van der Waals surface area (Å²) in [6.07, 6.45) is 2.48. The second kappa shape index (κ2) is 8.39. The van der Waals surface area contributed by atoms with E-state index in [9.17, 15) is 9.59 Å². The summed E-state index contributed by atoms with van der Waals surface area (Å²) in [5, 5.41) is 4.67. The van der Waals surface area contributed by atoms with Gasteiger partial charge in [-0.15, -0.1) is 0 Å². The Balaban J connectivity index is 1.29. The van der Waals surface area contributed by atoms with Crippen LogP contribution in [0.4, 0.5) is 0 Å². The first-order chi connectivity index (χ1) is 16.0. The Hall–Kier alpha value is -3.61. The maximum absolute atomic E-state index is 13.1. The number of likely N-dealkylation sites (tertiary alicyclic amines) is 1. The number of para-hydroxylation sites is 2. The van der Waals surface area contributed by atoms with Gasteiger partial charge in [0.2, 0.25) is 0 Å². The van der Waals surface area contributed by atoms with Crippen LogP contribution in [0.3, 0.4) is 0 Å². The van der Waals surface area contributed by atoms with E-state index in [1.165, 1.54) is 5.56 Å². The van der Waals surface area contributed by atoms with Gasteiger partial charge in [0.15, 0.2) is 0 Å². The number of aromatic amines is 1. The first kappa shape index (κ1) is 21.2. The molecular weight excluding hydrogens is 414 g/mol. The van der Waals surface area contributed by atoms with Crippen LogP contribution in [0.25, 0.3) is 16.7 Å². The fourth-order valence-corrected chi connectivity index (χ4v) is 5.13. The highest BCUT2D eigenvalue weighted by atomic mass is 16.2. The van der Waals surface area contributed by atoms with Crippen LogP contribution < -0.4 is 5.69 Å². The lowest BCUT2D eigenvalue weighted by Gasteiger charge is -2.32. The molecular formula is C26H29N5O2. The van der Waals surface area contributed by atoms with Crippen molar-refractivity contribution in [3.8, 4) is 5.69 Å². The molecule has 1 amide bonds. The highest BCUT2D eigenvalue weighted by Gasteiger charge is 2.26. The highest BCUT2D eigenvalue weighted by molar-refractivity contribution is 5.94. The third-order valence-corrected chi connectivity index (χ3v) is 6.89. The SMILES string of the molecule is CCc1c(C)nn(-c2ccc(C(=O)N3CCC(n4c(=O)[nH]c5ccccc54)CC3)cc2)c1C. The predicted molar refractivity (Wildman–Crippen MR) is 129 cm³/mol. The van der Waals surface area contributed by atoms with Crippen LogP contribution in [0.15, 0.2) is 53.3 Å². The van der Waals surface area contributed by atoms with Gasteiger partial charge in [-0.05, 0) is 75.1 Å². The van der Waals surface area contributed by atoms with Gasteiger partial charge < -0.3 is 9.88 Å². The number of amides is 1. The third kappa shape index (κ3) is 3.67. The average molecular weight is 444 g/mol. The van der Waals surface area contributed by atoms with Gasteiger partial charge in [0.25, 0.3) is 5.91 Å². The molecule has 7 nitrogen and oxygen atoms in total. The number of piperidine rings is 1. The number of hydrogen-bond acceptors (Lipinski definition) is 3. The summed E-state index contributed by atoms with van der Waals surface area (Å²) in [5.74, 6) is 0.0360. The molecule has 1 saturated heterocycles. The quantitative estimate of drug-likeness (QED) is 0.514. The standard InChI is InChI=1S/C26H29N5O2/c1-4-22-17(2)28-31(18(22)3)21-11-9-19(10-12-21)25(32)29-15-13-20(14-16-29)30-24-8-6-5-7-23(24)27-26(30)33/h5-12,20H,4,13-16H2,1-3H3,(H,27,33). The van der Waals surface area contributed by atoms with E-state index >= 15 is 0 Å². The number of rotatable bonds is 4. The smallest absolute Gasteiger partial charge is 0.326 e. The Morgan fingerprint density at radius 1 is 1.06 bits per heavy atom. The molecule has 4 aromatic rings. The molecule has 0 atom stereocenters. The minimum atomic E-state index is -0.0769. The number of fused-ring (bicyclic) bond motifs is 1. The van der Waals surface area contributed by atoms with Gasteiger partial charge in [0.05, 0.1) is 22.4 Å². The molecule has 1 aliphatic rings. The summed E-state index contributed by atoms with van der Waals surface area (Å²) in [6.45, 7) is 7.53. The van der Waals surface area contributed by atoms with Crippen molar-refractivity contribution in [2.75, 3.05) is 13.1 Å². The summed E-state index contributed by atoms with van der Waals surface area (Å²) >= 11 is 0. The van der Waals surface area contributed by atoms with Crippen LogP contribution in [-0.4, -0.2) is 43.2 Å². The number of hydrogen-bond donors (Lipinski definition) is 1. The largest absolute Gasteiger partial charge is 0.338 e. The zero-order chi connectivity index (χ0) is 23.1. The number of aryl methyl sites for hydroxylation is 1. The van der Waals surface area contributed by atoms with E-state index < -0.39 is 0 Å². The number of H-pyrrole nitrogens is 1. The summed E-state index contributed by atoms with van der Waals surface area (Å²) in [5.41, 5.74) is 6.81. The highest BCUT2D eigenvalue weighted by Crippen LogP contribution is 2.26. The number of nitrogens with one attached hydrogen (secondary N) is 1. The third-order valence-electron chi connectivity index (χ3n) is 6.89. The lowest BCUT2D eigenvalue weighted by Crippen LogP contribution is -2.40. The first-order valence-corrected chi connectivity index (χ1v) is 11.6. The fraction of sp³-hybridized carbons (Fsp3) is 0.346. The lowest BCUT2D eigenvalue weighted by atomic mass is 10.0. The maximum Gasteiger partial charge on any atom is 0.326 e. The first-order valence-electron chi connectivity index (χ1n) is 11.6. The molecule has 7 heteroatoms. The van der Waals surface area contributed by atoms with E-state index in [1.807, 2.05) is 69.6 Å². The molecule has 5 rings (SSSR count). The number of imidazole rings is 1. The average Bonchev–Trinajstić information content (AvgIpc) is 3.33. The monoisotopic (exact) mass is 443 g/mol. The molecule has 1 N–H and O–H groups in total. The Kier molecular flexibility index (Phi) is 5.40. The van der Waals surface area contributed by atoms with E-state index in [-0.39, 0.29) is 17.6 Å². The van der Waals surface area contributed by atoms with Gasteiger partial charge in [-0.3, -0.25) is 9.36 Å². The Labute approximate surface area is 192 Å². The minimum absolute atomic E-state index is 0.0360. The van der Waals surface area contributed by atoms with Crippen molar-refractivity contribution < 1.29 is 4.79 Å². The summed E-state index contributed by atoms with van der Waals surface area (Å²) in [4.78, 5) is 30.5. The zero-order valence-electron chi connectivity index (χ0n) is 19.3. The summed E-state index contributed by atoms with van der Waals surface area (Å²) in [6, 6.07) is 15.6. The molecule has 170 valence electrons. The van der Waals surface area contributed by atoms with Crippen LogP contribution in [0, 0.1) is 13.8 Å². The molecule has 2 aromatic carbocycles. The Bertz CT molecular complexity index is 1370. The molecule has 0 radical (unpaired) electrons. The molecule has 1 aliphatic heterocycles. The van der Waals surface area contributed by atoms with Crippen molar-refractivity contribution in [3.05, 3.63) is 81.5 Å². The number of benzene rings is 2. The zero-order valence-corrected chi connectivity index (χ0v) is 19.3. The molecule has 0 unspecified atom stereocenters. The molecule has 1 fully saturated rings. The number of aromatic nitrogens is 4. The predicted octanol–water partition coefficient (Wildman–Crippen LogP) is 4.17. The fourth-order valence-electron chi connectivity index (χ4n) is 5.13. The van der Waals surface area contributed by atoms with E-state index in [0.717, 1.165) is 47.4 Å². The van der Waals surface area contributed by atoms with Crippen LogP contribution in [0.2, 0.25) is 0 Å². The Morgan fingerprint density at radius 3 is 2.42 bits per heavy atom. The van der Waals surface area contributed by atoms with Crippen molar-refractivity contribution in [3.63, 3.8) is 0 Å². The van der Waals surface area contributed by atoms with Crippen LogP contribution in [-0.2, 0) is 6.42 Å². The van der Waals surface area contributed by atoms with E-state index in [0.29, 0.717) is 18.7 Å². The van der Waals surface area contributed by atoms with Crippen molar-refractivity contribution >= 4 is 16.9 Å². The van der Waals surface area contributed by atoms with Gasteiger partial charge in [-0.25, -0.2) is 9.48 Å². The number of carbonyl (C=O) groups excluding carboxylic acids is 1. The molecule has 33 heavy (non-hydrogen) atoms. The van der Waals surface area contributed by atoms with Gasteiger partial charge >= 0.3 is 5.69 Å². The molecule has 0 aliphatic carbocycles. The molecule has 0 saturated carbocycles. The van der Waals surface area contributed by atoms with Gasteiger partial charge in [-0.1, -0.05) is 19.1 Å². The van der Waals surface area contributed by atoms with Crippen molar-refractivity contribution in [2.45, 2.75) is 46.1 Å². The lowest BCUT2D eigenvalue weighted by molar-refractivity contribution is 0.0695. The van der Waals surface area contributed by atoms with Crippen molar-refractivity contribution in [2.24, 2.45) is 0 Å². The van der Waals surface area contributed by atoms with Crippen molar-refractivity contribution in [1.29, 1.82) is 0 Å². The van der Waals surface area contributed by atoms with E-state index in [2.05, 4.69) is 23.9 Å². The number of carbonyl (C=O) groups is 1. The summed E-state index contributed by atoms with van der Waals surface area (Å²) < 4.78 is 3.80. The molecule has 3 heterocycles. The second-order valence-corrected chi connectivity index (χ2v) is 8.80. The van der Waals surface area contributed by atoms with Gasteiger partial charge in [-0.2, -0.15) is 5.10 Å². The minimum Gasteiger partial charge on any atom is -0.338 e. The molecule has 2 aromatic heterocycles. The molecule has 0 bridgehead atoms. The van der Waals surface area contributed by atoms with Gasteiger partial charge in [0.1, 0.15) is 0 Å². The van der Waals surface area contributed by atoms with E-state index in [4.69, 9.17) is 0 Å². The Morgan fingerprint density at radius 2 is 1.76 bits per heavy atom. The molecule has 0 spiro atoms. The summed E-state index contributed by atoms with van der Waals surface area (Å²) in [7, 11) is 0. The van der Waals surface area contributed by atoms with Crippen LogP contribution in [0.5, 0.6) is 0 Å². The topological polar surface area (TPSA) is 75.9 Å². The maximum atomic E-state index is 13.1. The van der Waals surface area contributed by atoms with Crippen molar-refractivity contribution in [1.82, 2.24) is 24.2 Å². The van der Waals surface area contributed by atoms with Crippen LogP contribution in [0.1, 0.15) is 53.1 Å². The van der Waals surface area contributed by atoms with E-state index in [1.54, 1.807) is 0 Å². The second-order valence-electron chi connectivity index (χ2n) is 8.80. The normalized spacial score (nSPS) is 14.8. The number of nitrogens with zero attached hydrogens (tertiary/aromatic N) is 4. The van der Waals surface area contributed by atoms with Crippen LogP contribution >= 0.6 is 0 Å².